The first-order valence-electron chi connectivity index (χ1n) is 5.71. The molecule has 2 aromatic carbocycles. The number of anilines is 1. The van der Waals surface area contributed by atoms with E-state index >= 15 is 0 Å². The number of alkyl halides is 3. The second-order valence-corrected chi connectivity index (χ2v) is 5.94. The van der Waals surface area contributed by atoms with Crippen molar-refractivity contribution in [1.82, 2.24) is 0 Å². The summed E-state index contributed by atoms with van der Waals surface area (Å²) in [4.78, 5) is 0. The van der Waals surface area contributed by atoms with Crippen molar-refractivity contribution in [1.29, 1.82) is 0 Å². The molecule has 0 saturated carbocycles. The first-order valence-corrected chi connectivity index (χ1v) is 7.30. The number of benzene rings is 2. The van der Waals surface area contributed by atoms with Crippen LogP contribution in [0.4, 0.5) is 18.9 Å². The van der Waals surface area contributed by atoms with Crippen LogP contribution in [-0.2, 0) is 12.7 Å². The number of halogens is 5. The molecule has 0 atom stereocenters. The predicted octanol–water partition coefficient (Wildman–Crippen LogP) is 5.84. The molecule has 1 N–H and O–H groups in total. The quantitative estimate of drug-likeness (QED) is 0.672. The highest BCUT2D eigenvalue weighted by atomic mass is 79.9. The SMILES string of the molecule is FC(F)(F)c1cc(Br)cc(NCc2ccccc2Br)c1. The first-order chi connectivity index (χ1) is 9.36. The molecule has 0 aromatic heterocycles. The Kier molecular flexibility index (Phi) is 4.75. The fraction of sp³-hybridized carbons (Fsp3) is 0.143. The Balaban J connectivity index is 2.18. The molecule has 0 unspecified atom stereocenters. The summed E-state index contributed by atoms with van der Waals surface area (Å²) in [5.74, 6) is 0. The first kappa shape index (κ1) is 15.4. The van der Waals surface area contributed by atoms with Gasteiger partial charge in [0.25, 0.3) is 0 Å². The van der Waals surface area contributed by atoms with E-state index in [9.17, 15) is 13.2 Å². The molecule has 1 nitrogen and oxygen atoms in total. The third-order valence-electron chi connectivity index (χ3n) is 2.67. The summed E-state index contributed by atoms with van der Waals surface area (Å²) in [6.45, 7) is 0.440. The van der Waals surface area contributed by atoms with Gasteiger partial charge in [0.15, 0.2) is 0 Å². The van der Waals surface area contributed by atoms with Crippen LogP contribution < -0.4 is 5.32 Å². The van der Waals surface area contributed by atoms with E-state index in [1.54, 1.807) is 6.07 Å². The van der Waals surface area contributed by atoms with Gasteiger partial charge in [-0.15, -0.1) is 0 Å². The lowest BCUT2D eigenvalue weighted by Gasteiger charge is -2.12. The van der Waals surface area contributed by atoms with Gasteiger partial charge in [-0.1, -0.05) is 50.1 Å². The molecule has 0 saturated heterocycles. The van der Waals surface area contributed by atoms with E-state index in [1.165, 1.54) is 0 Å². The minimum atomic E-state index is -4.35. The van der Waals surface area contributed by atoms with Gasteiger partial charge in [0.1, 0.15) is 0 Å². The molecule has 0 aliphatic rings. The largest absolute Gasteiger partial charge is 0.416 e. The standard InChI is InChI=1S/C14H10Br2F3N/c15-11-5-10(14(17,18)19)6-12(7-11)20-8-9-3-1-2-4-13(9)16/h1-7,20H,8H2. The van der Waals surface area contributed by atoms with Crippen LogP contribution in [0.3, 0.4) is 0 Å². The zero-order chi connectivity index (χ0) is 14.8. The van der Waals surface area contributed by atoms with Crippen LogP contribution in [0.2, 0.25) is 0 Å². The Morgan fingerprint density at radius 2 is 1.70 bits per heavy atom. The average Bonchev–Trinajstić information content (AvgIpc) is 2.36. The van der Waals surface area contributed by atoms with E-state index in [4.69, 9.17) is 0 Å². The maximum atomic E-state index is 12.7. The summed E-state index contributed by atoms with van der Waals surface area (Å²) in [5.41, 5.74) is 0.713. The second-order valence-electron chi connectivity index (χ2n) is 4.17. The van der Waals surface area contributed by atoms with Crippen LogP contribution in [-0.4, -0.2) is 0 Å². The third kappa shape index (κ3) is 3.99. The minimum absolute atomic E-state index is 0.391. The lowest BCUT2D eigenvalue weighted by Crippen LogP contribution is -2.07. The molecule has 0 fully saturated rings. The highest BCUT2D eigenvalue weighted by Gasteiger charge is 2.31. The Labute approximate surface area is 131 Å². The van der Waals surface area contributed by atoms with Gasteiger partial charge in [-0.05, 0) is 29.8 Å². The monoisotopic (exact) mass is 407 g/mol. The Bertz CT molecular complexity index is 612. The highest BCUT2D eigenvalue weighted by molar-refractivity contribution is 9.10. The topological polar surface area (TPSA) is 12.0 Å². The van der Waals surface area contributed by atoms with Crippen LogP contribution in [0.1, 0.15) is 11.1 Å². The van der Waals surface area contributed by atoms with Crippen molar-refractivity contribution in [3.05, 3.63) is 62.5 Å². The van der Waals surface area contributed by atoms with E-state index in [0.717, 1.165) is 22.2 Å². The maximum absolute atomic E-state index is 12.7. The van der Waals surface area contributed by atoms with Crippen LogP contribution in [0.25, 0.3) is 0 Å². The molecule has 0 heterocycles. The summed E-state index contributed by atoms with van der Waals surface area (Å²) in [5, 5.41) is 3.00. The fourth-order valence-electron chi connectivity index (χ4n) is 1.69. The smallest absolute Gasteiger partial charge is 0.381 e. The van der Waals surface area contributed by atoms with Crippen molar-refractivity contribution in [2.24, 2.45) is 0 Å². The molecule has 106 valence electrons. The summed E-state index contributed by atoms with van der Waals surface area (Å²) < 4.78 is 39.5. The van der Waals surface area contributed by atoms with Gasteiger partial charge in [-0.3, -0.25) is 0 Å². The van der Waals surface area contributed by atoms with Gasteiger partial charge in [-0.2, -0.15) is 13.2 Å². The number of hydrogen-bond acceptors (Lipinski definition) is 1. The van der Waals surface area contributed by atoms with E-state index < -0.39 is 11.7 Å². The molecule has 2 rings (SSSR count). The van der Waals surface area contributed by atoms with Gasteiger partial charge in [0.05, 0.1) is 5.56 Å². The zero-order valence-electron chi connectivity index (χ0n) is 10.1. The Hall–Kier alpha value is -1.01. The number of rotatable bonds is 3. The van der Waals surface area contributed by atoms with E-state index in [0.29, 0.717) is 16.7 Å². The van der Waals surface area contributed by atoms with Crippen molar-refractivity contribution in [2.45, 2.75) is 12.7 Å². The van der Waals surface area contributed by atoms with E-state index in [1.807, 2.05) is 24.3 Å². The lowest BCUT2D eigenvalue weighted by atomic mass is 10.2. The van der Waals surface area contributed by atoms with Gasteiger partial charge in [-0.25, -0.2) is 0 Å². The molecular weight excluding hydrogens is 399 g/mol. The van der Waals surface area contributed by atoms with Crippen molar-refractivity contribution >= 4 is 37.5 Å². The fourth-order valence-corrected chi connectivity index (χ4v) is 2.61. The van der Waals surface area contributed by atoms with Crippen LogP contribution in [0, 0.1) is 0 Å². The maximum Gasteiger partial charge on any atom is 0.416 e. The normalized spacial score (nSPS) is 11.4. The molecule has 2 aromatic rings. The van der Waals surface area contributed by atoms with Crippen molar-refractivity contribution in [3.8, 4) is 0 Å². The average molecular weight is 409 g/mol. The van der Waals surface area contributed by atoms with E-state index in [2.05, 4.69) is 37.2 Å². The second kappa shape index (κ2) is 6.18. The molecule has 0 bridgehead atoms. The Morgan fingerprint density at radius 3 is 2.35 bits per heavy atom. The molecule has 0 amide bonds. The third-order valence-corrected chi connectivity index (χ3v) is 3.90. The van der Waals surface area contributed by atoms with Crippen molar-refractivity contribution < 1.29 is 13.2 Å². The highest BCUT2D eigenvalue weighted by Crippen LogP contribution is 2.33. The summed E-state index contributed by atoms with van der Waals surface area (Å²) in [7, 11) is 0. The summed E-state index contributed by atoms with van der Waals surface area (Å²) in [6.07, 6.45) is -4.35. The Morgan fingerprint density at radius 1 is 1.00 bits per heavy atom. The molecule has 0 radical (unpaired) electrons. The predicted molar refractivity (Wildman–Crippen MR) is 80.6 cm³/mol. The molecule has 0 spiro atoms. The molecular formula is C14H10Br2F3N. The van der Waals surface area contributed by atoms with E-state index in [-0.39, 0.29) is 0 Å². The summed E-state index contributed by atoms with van der Waals surface area (Å²) >= 11 is 6.50. The lowest BCUT2D eigenvalue weighted by molar-refractivity contribution is -0.137. The van der Waals surface area contributed by atoms with Gasteiger partial charge in [0.2, 0.25) is 0 Å². The molecule has 0 aliphatic heterocycles. The van der Waals surface area contributed by atoms with Crippen LogP contribution >= 0.6 is 31.9 Å². The molecule has 6 heteroatoms. The number of hydrogen-bond donors (Lipinski definition) is 1. The summed E-state index contributed by atoms with van der Waals surface area (Å²) in [6, 6.07) is 11.3. The van der Waals surface area contributed by atoms with Gasteiger partial charge in [0, 0.05) is 21.2 Å². The van der Waals surface area contributed by atoms with Crippen molar-refractivity contribution in [2.75, 3.05) is 5.32 Å². The molecule has 0 aliphatic carbocycles. The van der Waals surface area contributed by atoms with Crippen LogP contribution in [0.5, 0.6) is 0 Å². The van der Waals surface area contributed by atoms with Crippen molar-refractivity contribution in [3.63, 3.8) is 0 Å². The van der Waals surface area contributed by atoms with Crippen LogP contribution in [0.15, 0.2) is 51.4 Å². The number of nitrogens with one attached hydrogen (secondary N) is 1. The minimum Gasteiger partial charge on any atom is -0.381 e. The molecule has 20 heavy (non-hydrogen) atoms. The van der Waals surface area contributed by atoms with Gasteiger partial charge < -0.3 is 5.32 Å². The van der Waals surface area contributed by atoms with Gasteiger partial charge >= 0.3 is 6.18 Å². The zero-order valence-corrected chi connectivity index (χ0v) is 13.3.